The minimum absolute atomic E-state index is 0.0757. The van der Waals surface area contributed by atoms with Gasteiger partial charge in [0.1, 0.15) is 5.75 Å². The number of hydrogen-bond acceptors (Lipinski definition) is 4. The number of methoxy groups -OCH3 is 1. The van der Waals surface area contributed by atoms with Gasteiger partial charge in [-0.25, -0.2) is 0 Å². The molecule has 0 spiro atoms. The van der Waals surface area contributed by atoms with Crippen molar-refractivity contribution in [1.82, 2.24) is 10.2 Å². The molecule has 0 bridgehead atoms. The maximum absolute atomic E-state index is 12.4. The number of nitrogens with one attached hydrogen (secondary N) is 1. The molecule has 0 aromatic heterocycles. The van der Waals surface area contributed by atoms with Crippen LogP contribution in [0.1, 0.15) is 23.6 Å². The predicted octanol–water partition coefficient (Wildman–Crippen LogP) is 3.58. The number of morpholine rings is 1. The quantitative estimate of drug-likeness (QED) is 0.672. The lowest BCUT2D eigenvalue weighted by Gasteiger charge is -2.35. The first kappa shape index (κ1) is 20.8. The Hall–Kier alpha value is -1.89. The van der Waals surface area contributed by atoms with Crippen LogP contribution in [-0.4, -0.2) is 50.8 Å². The van der Waals surface area contributed by atoms with Gasteiger partial charge in [-0.1, -0.05) is 40.2 Å². The van der Waals surface area contributed by atoms with Gasteiger partial charge < -0.3 is 14.8 Å². The standard InChI is InChI=1S/C22H27BrN2O3/c1-27-20-8-6-18(7-9-20)21(25-11-13-28-14-12-25)16-24-22(26)10-5-17-3-2-4-19(23)15-17/h2-4,6-9,15,21H,5,10-14,16H2,1H3,(H,24,26). The molecule has 5 nitrogen and oxygen atoms in total. The SMILES string of the molecule is COc1ccc(C(CNC(=O)CCc2cccc(Br)c2)N2CCOCC2)cc1. The third-order valence-corrected chi connectivity index (χ3v) is 5.50. The van der Waals surface area contributed by atoms with Gasteiger partial charge in [-0.05, 0) is 41.8 Å². The second kappa shape index (κ2) is 10.6. The summed E-state index contributed by atoms with van der Waals surface area (Å²) in [6.45, 7) is 3.77. The summed E-state index contributed by atoms with van der Waals surface area (Å²) in [6.07, 6.45) is 1.21. The highest BCUT2D eigenvalue weighted by molar-refractivity contribution is 9.10. The van der Waals surface area contributed by atoms with Gasteiger partial charge in [-0.3, -0.25) is 9.69 Å². The molecule has 0 saturated carbocycles. The topological polar surface area (TPSA) is 50.8 Å². The van der Waals surface area contributed by atoms with Crippen LogP contribution < -0.4 is 10.1 Å². The van der Waals surface area contributed by atoms with Crippen LogP contribution in [0, 0.1) is 0 Å². The Morgan fingerprint density at radius 1 is 1.21 bits per heavy atom. The molecular formula is C22H27BrN2O3. The second-order valence-electron chi connectivity index (χ2n) is 6.87. The molecule has 1 aliphatic heterocycles. The van der Waals surface area contributed by atoms with Crippen LogP contribution >= 0.6 is 15.9 Å². The Morgan fingerprint density at radius 2 is 1.96 bits per heavy atom. The number of nitrogens with zero attached hydrogens (tertiary/aromatic N) is 1. The summed E-state index contributed by atoms with van der Waals surface area (Å²) in [4.78, 5) is 14.8. The van der Waals surface area contributed by atoms with Crippen molar-refractivity contribution in [3.05, 3.63) is 64.1 Å². The van der Waals surface area contributed by atoms with Crippen LogP contribution in [0.2, 0.25) is 0 Å². The second-order valence-corrected chi connectivity index (χ2v) is 7.79. The summed E-state index contributed by atoms with van der Waals surface area (Å²) in [6, 6.07) is 16.3. The van der Waals surface area contributed by atoms with E-state index in [-0.39, 0.29) is 11.9 Å². The maximum Gasteiger partial charge on any atom is 0.220 e. The summed E-state index contributed by atoms with van der Waals surface area (Å²) in [5.74, 6) is 0.911. The first-order valence-electron chi connectivity index (χ1n) is 9.62. The van der Waals surface area contributed by atoms with E-state index in [0.29, 0.717) is 13.0 Å². The van der Waals surface area contributed by atoms with Crippen LogP contribution in [0.5, 0.6) is 5.75 Å². The molecular weight excluding hydrogens is 420 g/mol. The zero-order valence-electron chi connectivity index (χ0n) is 16.2. The van der Waals surface area contributed by atoms with Gasteiger partial charge in [-0.15, -0.1) is 0 Å². The Kier molecular flexibility index (Phi) is 7.89. The Morgan fingerprint density at radius 3 is 2.64 bits per heavy atom. The highest BCUT2D eigenvalue weighted by Crippen LogP contribution is 2.23. The molecule has 1 atom stereocenters. The van der Waals surface area contributed by atoms with E-state index in [1.54, 1.807) is 7.11 Å². The first-order valence-corrected chi connectivity index (χ1v) is 10.4. The normalized spacial score (nSPS) is 15.8. The van der Waals surface area contributed by atoms with E-state index < -0.39 is 0 Å². The van der Waals surface area contributed by atoms with Crippen molar-refractivity contribution in [2.45, 2.75) is 18.9 Å². The van der Waals surface area contributed by atoms with Crippen LogP contribution in [0.4, 0.5) is 0 Å². The summed E-state index contributed by atoms with van der Waals surface area (Å²) < 4.78 is 11.8. The Balaban J connectivity index is 1.59. The molecule has 1 amide bonds. The van der Waals surface area contributed by atoms with Crippen molar-refractivity contribution in [3.8, 4) is 5.75 Å². The molecule has 2 aromatic carbocycles. The van der Waals surface area contributed by atoms with E-state index in [2.05, 4.69) is 44.3 Å². The summed E-state index contributed by atoms with van der Waals surface area (Å²) in [5, 5.41) is 3.13. The summed E-state index contributed by atoms with van der Waals surface area (Å²) >= 11 is 3.47. The van der Waals surface area contributed by atoms with Crippen LogP contribution in [0.25, 0.3) is 0 Å². The van der Waals surface area contributed by atoms with E-state index in [0.717, 1.165) is 48.5 Å². The van der Waals surface area contributed by atoms with Crippen molar-refractivity contribution < 1.29 is 14.3 Å². The molecule has 2 aromatic rings. The van der Waals surface area contributed by atoms with Gasteiger partial charge in [-0.2, -0.15) is 0 Å². The number of carbonyl (C=O) groups is 1. The van der Waals surface area contributed by atoms with Gasteiger partial charge in [0.25, 0.3) is 0 Å². The van der Waals surface area contributed by atoms with E-state index in [1.807, 2.05) is 30.3 Å². The highest BCUT2D eigenvalue weighted by atomic mass is 79.9. The number of rotatable bonds is 8. The molecule has 150 valence electrons. The Bertz CT molecular complexity index is 761. The van der Waals surface area contributed by atoms with Crippen molar-refractivity contribution in [2.75, 3.05) is 40.0 Å². The predicted molar refractivity (Wildman–Crippen MR) is 114 cm³/mol. The molecule has 28 heavy (non-hydrogen) atoms. The van der Waals surface area contributed by atoms with Gasteiger partial charge in [0.05, 0.1) is 26.4 Å². The molecule has 1 heterocycles. The lowest BCUT2D eigenvalue weighted by molar-refractivity contribution is -0.121. The zero-order valence-corrected chi connectivity index (χ0v) is 17.8. The monoisotopic (exact) mass is 446 g/mol. The lowest BCUT2D eigenvalue weighted by atomic mass is 10.0. The fourth-order valence-electron chi connectivity index (χ4n) is 3.42. The van der Waals surface area contributed by atoms with E-state index >= 15 is 0 Å². The maximum atomic E-state index is 12.4. The van der Waals surface area contributed by atoms with Gasteiger partial charge >= 0.3 is 0 Å². The molecule has 1 N–H and O–H groups in total. The highest BCUT2D eigenvalue weighted by Gasteiger charge is 2.23. The van der Waals surface area contributed by atoms with Crippen LogP contribution in [-0.2, 0) is 16.0 Å². The number of halogens is 1. The number of benzene rings is 2. The minimum Gasteiger partial charge on any atom is -0.497 e. The van der Waals surface area contributed by atoms with Crippen molar-refractivity contribution in [2.24, 2.45) is 0 Å². The molecule has 6 heteroatoms. The largest absolute Gasteiger partial charge is 0.497 e. The average molecular weight is 447 g/mol. The van der Waals surface area contributed by atoms with Gasteiger partial charge in [0.15, 0.2) is 0 Å². The van der Waals surface area contributed by atoms with Crippen molar-refractivity contribution >= 4 is 21.8 Å². The van der Waals surface area contributed by atoms with Crippen molar-refractivity contribution in [3.63, 3.8) is 0 Å². The number of aryl methyl sites for hydroxylation is 1. The lowest BCUT2D eigenvalue weighted by Crippen LogP contribution is -2.43. The number of amides is 1. The number of hydrogen-bond donors (Lipinski definition) is 1. The first-order chi connectivity index (χ1) is 13.7. The number of ether oxygens (including phenoxy) is 2. The minimum atomic E-state index is 0.0757. The fourth-order valence-corrected chi connectivity index (χ4v) is 3.87. The third kappa shape index (κ3) is 6.06. The summed E-state index contributed by atoms with van der Waals surface area (Å²) in [7, 11) is 1.67. The molecule has 1 unspecified atom stereocenters. The van der Waals surface area contributed by atoms with Crippen LogP contribution in [0.3, 0.4) is 0 Å². The number of carbonyl (C=O) groups excluding carboxylic acids is 1. The molecule has 0 aliphatic carbocycles. The molecule has 0 radical (unpaired) electrons. The molecule has 1 fully saturated rings. The molecule has 1 aliphatic rings. The fraction of sp³-hybridized carbons (Fsp3) is 0.409. The van der Waals surface area contributed by atoms with Gasteiger partial charge in [0, 0.05) is 30.5 Å². The molecule has 1 saturated heterocycles. The van der Waals surface area contributed by atoms with Gasteiger partial charge in [0.2, 0.25) is 5.91 Å². The average Bonchev–Trinajstić information content (AvgIpc) is 2.74. The van der Waals surface area contributed by atoms with E-state index in [1.165, 1.54) is 5.56 Å². The smallest absolute Gasteiger partial charge is 0.220 e. The van der Waals surface area contributed by atoms with E-state index in [4.69, 9.17) is 9.47 Å². The van der Waals surface area contributed by atoms with Crippen molar-refractivity contribution in [1.29, 1.82) is 0 Å². The third-order valence-electron chi connectivity index (χ3n) is 5.01. The molecule has 3 rings (SSSR count). The van der Waals surface area contributed by atoms with Crippen LogP contribution in [0.15, 0.2) is 53.0 Å². The summed E-state index contributed by atoms with van der Waals surface area (Å²) in [5.41, 5.74) is 2.33. The Labute approximate surface area is 175 Å². The van der Waals surface area contributed by atoms with E-state index in [9.17, 15) is 4.79 Å². The zero-order chi connectivity index (χ0) is 19.8.